The van der Waals surface area contributed by atoms with Crippen LogP contribution in [0, 0.1) is 20.8 Å². The molecule has 0 aromatic heterocycles. The zero-order valence-corrected chi connectivity index (χ0v) is 46.1. The molecule has 0 spiro atoms. The number of nitrogen functional groups attached to an aromatic ring is 1. The minimum atomic E-state index is -4.59. The fourth-order valence-corrected chi connectivity index (χ4v) is 10.0. The highest BCUT2D eigenvalue weighted by Crippen LogP contribution is 2.38. The van der Waals surface area contributed by atoms with Gasteiger partial charge in [-0.2, -0.15) is 26.3 Å². The van der Waals surface area contributed by atoms with Gasteiger partial charge in [-0.15, -0.1) is 11.6 Å². The number of rotatable bonds is 12. The summed E-state index contributed by atoms with van der Waals surface area (Å²) < 4.78 is 95.7. The van der Waals surface area contributed by atoms with Crippen molar-refractivity contribution in [1.29, 1.82) is 0 Å². The molecule has 0 radical (unpaired) electrons. The van der Waals surface area contributed by atoms with Crippen molar-refractivity contribution in [3.05, 3.63) is 231 Å². The Morgan fingerprint density at radius 3 is 1.21 bits per heavy atom. The third-order valence-electron chi connectivity index (χ3n) is 14.9. The second-order valence-corrected chi connectivity index (χ2v) is 21.0. The summed E-state index contributed by atoms with van der Waals surface area (Å²) in [6, 6.07) is 48.9. The van der Waals surface area contributed by atoms with Gasteiger partial charge >= 0.3 is 12.4 Å². The third kappa shape index (κ3) is 14.1. The molecule has 11 rings (SSSR count). The first kappa shape index (κ1) is 58.9. The van der Waals surface area contributed by atoms with Gasteiger partial charge in [-0.05, 0) is 159 Å². The molecule has 8 aromatic carbocycles. The number of nitrogens with two attached hydrogens (primary N) is 2. The van der Waals surface area contributed by atoms with Gasteiger partial charge in [-0.3, -0.25) is 9.59 Å². The number of amides is 2. The largest absolute Gasteiger partial charge is 0.416 e. The zero-order chi connectivity index (χ0) is 58.3. The van der Waals surface area contributed by atoms with Crippen molar-refractivity contribution >= 4 is 40.5 Å². The Kier molecular flexibility index (Phi) is 18.3. The van der Waals surface area contributed by atoms with Crippen LogP contribution in [-0.2, 0) is 39.0 Å². The number of nitrogens with one attached hydrogen (secondary N) is 2. The lowest BCUT2D eigenvalue weighted by atomic mass is 9.92. The molecule has 3 fully saturated rings. The molecule has 0 bridgehead atoms. The molecule has 0 unspecified atom stereocenters. The van der Waals surface area contributed by atoms with E-state index in [1.807, 2.05) is 74.5 Å². The summed E-state index contributed by atoms with van der Waals surface area (Å²) >= 11 is 5.63. The summed E-state index contributed by atoms with van der Waals surface area (Å²) in [6.07, 6.45) is -9.17. The Labute approximate surface area is 477 Å². The van der Waals surface area contributed by atoms with E-state index in [4.69, 9.17) is 37.3 Å². The van der Waals surface area contributed by atoms with Crippen molar-refractivity contribution in [3.8, 4) is 33.4 Å². The maximum absolute atomic E-state index is 13.3. The van der Waals surface area contributed by atoms with Gasteiger partial charge in [0.25, 0.3) is 11.8 Å². The molecule has 0 atom stereocenters. The van der Waals surface area contributed by atoms with Crippen LogP contribution in [0.3, 0.4) is 0 Å². The minimum absolute atomic E-state index is 0.0524. The molecule has 3 aliphatic heterocycles. The molecule has 3 heterocycles. The number of halogens is 7. The minimum Gasteiger partial charge on any atom is -0.399 e. The molecule has 82 heavy (non-hydrogen) atoms. The SMILES string of the molecule is Cc1ccc(N)cc1-c1cccc(C2COC2)c1.Cc1ccc(NC(=O)c2ccc(CCl)c(C(F)(F)F)c2)cc1-c1cccc(C2COC2)c1.Cc1ccc(NC(=O)c2ccc(CN)c(C(F)(F)F)c2)cc1-c1cccc(C2COC2)c1. The number of alkyl halides is 7. The van der Waals surface area contributed by atoms with E-state index in [9.17, 15) is 35.9 Å². The van der Waals surface area contributed by atoms with E-state index in [0.717, 1.165) is 64.4 Å². The Morgan fingerprint density at radius 1 is 0.488 bits per heavy atom. The summed E-state index contributed by atoms with van der Waals surface area (Å²) in [5.41, 5.74) is 24.5. The number of hydrogen-bond acceptors (Lipinski definition) is 7. The number of carbonyl (C=O) groups is 2. The van der Waals surface area contributed by atoms with Gasteiger partial charge in [0, 0.05) is 58.4 Å². The first-order chi connectivity index (χ1) is 39.3. The second kappa shape index (κ2) is 25.6. The molecular formula is C66H61ClF6N4O5. The van der Waals surface area contributed by atoms with Crippen LogP contribution in [0.1, 0.15) is 94.1 Å². The van der Waals surface area contributed by atoms with Crippen molar-refractivity contribution < 1.29 is 50.1 Å². The first-order valence-electron chi connectivity index (χ1n) is 26.7. The highest BCUT2D eigenvalue weighted by atomic mass is 35.5. The summed E-state index contributed by atoms with van der Waals surface area (Å²) in [6.45, 7) is 10.3. The lowest BCUT2D eigenvalue weighted by Crippen LogP contribution is -2.24. The normalized spacial score (nSPS) is 14.4. The topological polar surface area (TPSA) is 138 Å². The highest BCUT2D eigenvalue weighted by molar-refractivity contribution is 6.17. The standard InChI is InChI=1S/C25H21ClF3NO2.C25H23F3N2O2.C16H17NO/c1-15-5-8-21(11-22(15)17-4-2-3-16(9-17)20-13-32-14-20)30-24(31)18-6-7-19(12-26)23(10-18)25(27,28)29;1-15-5-8-21(11-22(15)17-4-2-3-16(9-17)20-13-32-14-20)30-24(31)18-6-7-19(12-29)23(10-18)25(26,27)28;1-11-5-6-15(17)8-16(11)13-4-2-3-12(7-13)14-9-18-10-14/h2-11,20H,12-14H2,1H3,(H,30,31);2-11,20H,12-14,29H2,1H3,(H,30,31);2-8,14H,9-10,17H2,1H3. The van der Waals surface area contributed by atoms with E-state index < -0.39 is 35.3 Å². The van der Waals surface area contributed by atoms with Crippen molar-refractivity contribution in [2.24, 2.45) is 5.73 Å². The second-order valence-electron chi connectivity index (χ2n) is 20.7. The van der Waals surface area contributed by atoms with Crippen LogP contribution >= 0.6 is 11.6 Å². The number of carbonyl (C=O) groups excluding carboxylic acids is 2. The van der Waals surface area contributed by atoms with Crippen LogP contribution < -0.4 is 22.1 Å². The van der Waals surface area contributed by atoms with Crippen LogP contribution in [0.5, 0.6) is 0 Å². The van der Waals surface area contributed by atoms with Crippen molar-refractivity contribution in [1.82, 2.24) is 0 Å². The molecule has 6 N–H and O–H groups in total. The van der Waals surface area contributed by atoms with Gasteiger partial charge in [-0.1, -0.05) is 103 Å². The molecule has 3 aliphatic rings. The summed E-state index contributed by atoms with van der Waals surface area (Å²) in [5, 5.41) is 5.43. The van der Waals surface area contributed by atoms with Crippen molar-refractivity contribution in [2.75, 3.05) is 56.0 Å². The van der Waals surface area contributed by atoms with Gasteiger partial charge in [-0.25, -0.2) is 0 Å². The average molecular weight is 1140 g/mol. The van der Waals surface area contributed by atoms with Crippen molar-refractivity contribution in [3.63, 3.8) is 0 Å². The summed E-state index contributed by atoms with van der Waals surface area (Å²) in [4.78, 5) is 25.4. The third-order valence-corrected chi connectivity index (χ3v) is 15.2. The highest BCUT2D eigenvalue weighted by Gasteiger charge is 2.35. The summed E-state index contributed by atoms with van der Waals surface area (Å²) in [7, 11) is 0. The van der Waals surface area contributed by atoms with Crippen LogP contribution in [-0.4, -0.2) is 51.5 Å². The molecule has 8 aromatic rings. The number of anilines is 3. The Bertz CT molecular complexity index is 3430. The van der Waals surface area contributed by atoms with Gasteiger partial charge in [0.1, 0.15) is 0 Å². The van der Waals surface area contributed by atoms with Crippen LogP contribution in [0.25, 0.3) is 33.4 Å². The van der Waals surface area contributed by atoms with Crippen molar-refractivity contribution in [2.45, 2.75) is 63.3 Å². The monoisotopic (exact) mass is 1140 g/mol. The van der Waals surface area contributed by atoms with E-state index in [1.165, 1.54) is 57.6 Å². The molecule has 0 saturated carbocycles. The fraction of sp³-hybridized carbons (Fsp3) is 0.242. The van der Waals surface area contributed by atoms with E-state index in [2.05, 4.69) is 72.2 Å². The Balaban J connectivity index is 0.000000154. The number of hydrogen-bond donors (Lipinski definition) is 4. The maximum Gasteiger partial charge on any atom is 0.416 e. The van der Waals surface area contributed by atoms with E-state index in [0.29, 0.717) is 55.6 Å². The molecule has 16 heteroatoms. The van der Waals surface area contributed by atoms with Crippen LogP contribution in [0.4, 0.5) is 43.4 Å². The average Bonchev–Trinajstić information content (AvgIpc) is 3.57. The smallest absolute Gasteiger partial charge is 0.399 e. The molecule has 0 aliphatic carbocycles. The Morgan fingerprint density at radius 2 is 0.854 bits per heavy atom. The lowest BCUT2D eigenvalue weighted by molar-refractivity contribution is -0.139. The molecule has 424 valence electrons. The van der Waals surface area contributed by atoms with Gasteiger partial charge in [0.2, 0.25) is 0 Å². The molecular weight excluding hydrogens is 1080 g/mol. The van der Waals surface area contributed by atoms with Crippen LogP contribution in [0.15, 0.2) is 164 Å². The first-order valence-corrected chi connectivity index (χ1v) is 27.2. The number of benzene rings is 8. The quantitative estimate of drug-likeness (QED) is 0.0543. The predicted molar refractivity (Wildman–Crippen MR) is 311 cm³/mol. The zero-order valence-electron chi connectivity index (χ0n) is 45.3. The maximum atomic E-state index is 13.3. The summed E-state index contributed by atoms with van der Waals surface area (Å²) in [5.74, 6) is -0.189. The van der Waals surface area contributed by atoms with E-state index in [1.54, 1.807) is 12.1 Å². The Hall–Kier alpha value is -7.79. The number of aryl methyl sites for hydroxylation is 3. The molecule has 2 amide bonds. The molecule has 3 saturated heterocycles. The van der Waals surface area contributed by atoms with Crippen LogP contribution in [0.2, 0.25) is 0 Å². The lowest BCUT2D eigenvalue weighted by Gasteiger charge is -2.26. The molecule has 9 nitrogen and oxygen atoms in total. The van der Waals surface area contributed by atoms with Gasteiger partial charge in [0.05, 0.1) is 50.8 Å². The van der Waals surface area contributed by atoms with Gasteiger partial charge in [0.15, 0.2) is 0 Å². The van der Waals surface area contributed by atoms with E-state index >= 15 is 0 Å². The van der Waals surface area contributed by atoms with E-state index in [-0.39, 0.29) is 34.7 Å². The number of ether oxygens (including phenoxy) is 3. The predicted octanol–water partition coefficient (Wildman–Crippen LogP) is 15.6. The fourth-order valence-electron chi connectivity index (χ4n) is 9.80. The van der Waals surface area contributed by atoms with Gasteiger partial charge < -0.3 is 36.3 Å².